The maximum Gasteiger partial charge on any atom is 0.0710 e. The van der Waals surface area contributed by atoms with Gasteiger partial charge in [0.25, 0.3) is 0 Å². The minimum Gasteiger partial charge on any atom is -0.380 e. The summed E-state index contributed by atoms with van der Waals surface area (Å²) in [4.78, 5) is 7.12. The van der Waals surface area contributed by atoms with Gasteiger partial charge in [-0.05, 0) is 24.5 Å². The van der Waals surface area contributed by atoms with Gasteiger partial charge < -0.3 is 4.74 Å². The Morgan fingerprint density at radius 2 is 2.29 bits per heavy atom. The van der Waals surface area contributed by atoms with Crippen molar-refractivity contribution in [3.8, 4) is 0 Å². The first-order valence-electron chi connectivity index (χ1n) is 6.40. The minimum atomic E-state index is 0.406. The third-order valence-corrected chi connectivity index (χ3v) is 3.37. The molecule has 0 bridgehead atoms. The number of likely N-dealkylation sites (tertiary alicyclic amines) is 1. The molecule has 17 heavy (non-hydrogen) atoms. The summed E-state index contributed by atoms with van der Waals surface area (Å²) in [5.74, 6) is 0.500. The van der Waals surface area contributed by atoms with Gasteiger partial charge >= 0.3 is 0 Å². The van der Waals surface area contributed by atoms with Gasteiger partial charge in [-0.25, -0.2) is 0 Å². The molecular weight excluding hydrogens is 212 g/mol. The molecule has 0 aromatic carbocycles. The number of hydrogen-bond acceptors (Lipinski definition) is 3. The highest BCUT2D eigenvalue weighted by atomic mass is 16.5. The van der Waals surface area contributed by atoms with Crippen LogP contribution in [0, 0.1) is 0 Å². The summed E-state index contributed by atoms with van der Waals surface area (Å²) in [5.41, 5.74) is 2.36. The normalized spacial score (nSPS) is 21.3. The van der Waals surface area contributed by atoms with Gasteiger partial charge in [-0.15, -0.1) is 0 Å². The van der Waals surface area contributed by atoms with Gasteiger partial charge in [0.1, 0.15) is 0 Å². The van der Waals surface area contributed by atoms with Crippen LogP contribution in [-0.2, 0) is 11.3 Å². The molecule has 2 heterocycles. The standard InChI is InChI=1S/C14H22N2O/c1-11(2)14-6-4-5-12(15-14)9-16-8-7-13(10-16)17-3/h4-6,11,13H,7-10H2,1-3H3. The Kier molecular flexibility index (Phi) is 4.13. The van der Waals surface area contributed by atoms with E-state index < -0.39 is 0 Å². The fourth-order valence-corrected chi connectivity index (χ4v) is 2.27. The summed E-state index contributed by atoms with van der Waals surface area (Å²) < 4.78 is 5.38. The van der Waals surface area contributed by atoms with Crippen molar-refractivity contribution in [1.82, 2.24) is 9.88 Å². The quantitative estimate of drug-likeness (QED) is 0.800. The highest BCUT2D eigenvalue weighted by Crippen LogP contribution is 2.16. The molecule has 3 heteroatoms. The first-order valence-corrected chi connectivity index (χ1v) is 6.40. The predicted molar refractivity (Wildman–Crippen MR) is 69.0 cm³/mol. The summed E-state index contributed by atoms with van der Waals surface area (Å²) in [6.07, 6.45) is 1.55. The van der Waals surface area contributed by atoms with Crippen LogP contribution >= 0.6 is 0 Å². The summed E-state index contributed by atoms with van der Waals surface area (Å²) in [6.45, 7) is 7.46. The van der Waals surface area contributed by atoms with Gasteiger partial charge in [-0.3, -0.25) is 9.88 Å². The van der Waals surface area contributed by atoms with Crippen LogP contribution in [0.1, 0.15) is 37.6 Å². The predicted octanol–water partition coefficient (Wildman–Crippen LogP) is 2.43. The zero-order chi connectivity index (χ0) is 12.3. The summed E-state index contributed by atoms with van der Waals surface area (Å²) >= 11 is 0. The van der Waals surface area contributed by atoms with Crippen molar-refractivity contribution in [2.24, 2.45) is 0 Å². The van der Waals surface area contributed by atoms with Gasteiger partial charge in [0.2, 0.25) is 0 Å². The van der Waals surface area contributed by atoms with E-state index in [1.54, 1.807) is 7.11 Å². The number of rotatable bonds is 4. The van der Waals surface area contributed by atoms with Crippen LogP contribution in [0.2, 0.25) is 0 Å². The number of hydrogen-bond donors (Lipinski definition) is 0. The SMILES string of the molecule is COC1CCN(Cc2cccc(C(C)C)n2)C1. The summed E-state index contributed by atoms with van der Waals surface area (Å²) in [6, 6.07) is 6.34. The smallest absolute Gasteiger partial charge is 0.0710 e. The molecule has 2 rings (SSSR count). The van der Waals surface area contributed by atoms with E-state index >= 15 is 0 Å². The Balaban J connectivity index is 1.97. The Morgan fingerprint density at radius 1 is 1.47 bits per heavy atom. The Morgan fingerprint density at radius 3 is 2.94 bits per heavy atom. The van der Waals surface area contributed by atoms with E-state index in [1.165, 1.54) is 11.4 Å². The lowest BCUT2D eigenvalue weighted by molar-refractivity contribution is 0.107. The lowest BCUT2D eigenvalue weighted by atomic mass is 10.1. The second-order valence-corrected chi connectivity index (χ2v) is 5.09. The molecule has 0 radical (unpaired) electrons. The monoisotopic (exact) mass is 234 g/mol. The van der Waals surface area contributed by atoms with Crippen molar-refractivity contribution in [3.63, 3.8) is 0 Å². The first-order chi connectivity index (χ1) is 8.19. The third-order valence-electron chi connectivity index (χ3n) is 3.37. The van der Waals surface area contributed by atoms with Crippen molar-refractivity contribution in [3.05, 3.63) is 29.6 Å². The maximum atomic E-state index is 5.38. The number of pyridine rings is 1. The molecule has 0 amide bonds. The van der Waals surface area contributed by atoms with Crippen molar-refractivity contribution in [1.29, 1.82) is 0 Å². The van der Waals surface area contributed by atoms with Crippen LogP contribution in [0.4, 0.5) is 0 Å². The van der Waals surface area contributed by atoms with Gasteiger partial charge in [0, 0.05) is 32.4 Å². The minimum absolute atomic E-state index is 0.406. The molecule has 0 N–H and O–H groups in total. The fourth-order valence-electron chi connectivity index (χ4n) is 2.27. The lowest BCUT2D eigenvalue weighted by Gasteiger charge is -2.16. The topological polar surface area (TPSA) is 25.4 Å². The molecule has 1 aliphatic rings. The van der Waals surface area contributed by atoms with Crippen LogP contribution in [0.5, 0.6) is 0 Å². The van der Waals surface area contributed by atoms with Crippen LogP contribution < -0.4 is 0 Å². The summed E-state index contributed by atoms with van der Waals surface area (Å²) in [5, 5.41) is 0. The average Bonchev–Trinajstić information content (AvgIpc) is 2.77. The van der Waals surface area contributed by atoms with E-state index in [9.17, 15) is 0 Å². The molecule has 1 aromatic rings. The molecular formula is C14H22N2O. The number of aromatic nitrogens is 1. The fraction of sp³-hybridized carbons (Fsp3) is 0.643. The highest BCUT2D eigenvalue weighted by Gasteiger charge is 2.22. The van der Waals surface area contributed by atoms with Crippen molar-refractivity contribution < 1.29 is 4.74 Å². The maximum absolute atomic E-state index is 5.38. The molecule has 1 saturated heterocycles. The van der Waals surface area contributed by atoms with E-state index in [0.29, 0.717) is 12.0 Å². The molecule has 1 aromatic heterocycles. The van der Waals surface area contributed by atoms with E-state index in [-0.39, 0.29) is 0 Å². The molecule has 0 aliphatic carbocycles. The second-order valence-electron chi connectivity index (χ2n) is 5.09. The molecule has 1 aliphatic heterocycles. The number of nitrogens with zero attached hydrogens (tertiary/aromatic N) is 2. The molecule has 0 spiro atoms. The zero-order valence-electron chi connectivity index (χ0n) is 11.0. The zero-order valence-corrected chi connectivity index (χ0v) is 11.0. The van der Waals surface area contributed by atoms with Crippen LogP contribution in [0.25, 0.3) is 0 Å². The highest BCUT2D eigenvalue weighted by molar-refractivity contribution is 5.14. The molecule has 94 valence electrons. The molecule has 1 atom stereocenters. The van der Waals surface area contributed by atoms with Crippen LogP contribution in [0.3, 0.4) is 0 Å². The first kappa shape index (κ1) is 12.5. The third kappa shape index (κ3) is 3.27. The van der Waals surface area contributed by atoms with Gasteiger partial charge in [-0.2, -0.15) is 0 Å². The van der Waals surface area contributed by atoms with Crippen LogP contribution in [-0.4, -0.2) is 36.2 Å². The summed E-state index contributed by atoms with van der Waals surface area (Å²) in [7, 11) is 1.80. The Labute approximate surface area is 104 Å². The van der Waals surface area contributed by atoms with Crippen molar-refractivity contribution in [2.75, 3.05) is 20.2 Å². The molecule has 1 unspecified atom stereocenters. The Hall–Kier alpha value is -0.930. The van der Waals surface area contributed by atoms with Gasteiger partial charge in [0.05, 0.1) is 11.8 Å². The van der Waals surface area contributed by atoms with Crippen molar-refractivity contribution >= 4 is 0 Å². The second kappa shape index (κ2) is 5.61. The van der Waals surface area contributed by atoms with E-state index in [0.717, 1.165) is 26.1 Å². The van der Waals surface area contributed by atoms with Crippen molar-refractivity contribution in [2.45, 2.75) is 38.8 Å². The average molecular weight is 234 g/mol. The van der Waals surface area contributed by atoms with Gasteiger partial charge in [-0.1, -0.05) is 19.9 Å². The van der Waals surface area contributed by atoms with Crippen LogP contribution in [0.15, 0.2) is 18.2 Å². The number of methoxy groups -OCH3 is 1. The van der Waals surface area contributed by atoms with E-state index in [1.807, 2.05) is 0 Å². The van der Waals surface area contributed by atoms with E-state index in [4.69, 9.17) is 9.72 Å². The van der Waals surface area contributed by atoms with Gasteiger partial charge in [0.15, 0.2) is 0 Å². The van der Waals surface area contributed by atoms with E-state index in [2.05, 4.69) is 36.9 Å². The molecule has 0 saturated carbocycles. The largest absolute Gasteiger partial charge is 0.380 e. The lowest BCUT2D eigenvalue weighted by Crippen LogP contribution is -2.23. The Bertz CT molecular complexity index is 365. The molecule has 3 nitrogen and oxygen atoms in total. The molecule has 1 fully saturated rings. The number of ether oxygens (including phenoxy) is 1.